The van der Waals surface area contributed by atoms with E-state index in [0.29, 0.717) is 23.7 Å². The van der Waals surface area contributed by atoms with Crippen molar-refractivity contribution in [2.75, 3.05) is 19.5 Å². The third kappa shape index (κ3) is 5.24. The molecule has 0 atom stereocenters. The highest BCUT2D eigenvalue weighted by molar-refractivity contribution is 6.04. The number of hydrogen-bond donors (Lipinski definition) is 2. The number of methoxy groups -OCH3 is 2. The zero-order chi connectivity index (χ0) is 18.2. The Bertz CT molecular complexity index is 759. The van der Waals surface area contributed by atoms with Crippen LogP contribution < -0.4 is 20.1 Å². The highest BCUT2D eigenvalue weighted by Gasteiger charge is 2.13. The minimum atomic E-state index is -0.401. The van der Waals surface area contributed by atoms with Gasteiger partial charge in [-0.05, 0) is 30.7 Å². The van der Waals surface area contributed by atoms with E-state index >= 15 is 0 Å². The average Bonchev–Trinajstić information content (AvgIpc) is 2.60. The lowest BCUT2D eigenvalue weighted by Gasteiger charge is -2.12. The van der Waals surface area contributed by atoms with E-state index in [-0.39, 0.29) is 12.3 Å². The molecule has 0 spiro atoms. The van der Waals surface area contributed by atoms with Gasteiger partial charge in [0.15, 0.2) is 0 Å². The van der Waals surface area contributed by atoms with Crippen molar-refractivity contribution < 1.29 is 19.1 Å². The van der Waals surface area contributed by atoms with Crippen LogP contribution >= 0.6 is 0 Å². The van der Waals surface area contributed by atoms with Crippen LogP contribution in [-0.4, -0.2) is 26.0 Å². The van der Waals surface area contributed by atoms with Crippen LogP contribution in [0.15, 0.2) is 42.5 Å². The van der Waals surface area contributed by atoms with Crippen molar-refractivity contribution in [1.82, 2.24) is 5.32 Å². The zero-order valence-corrected chi connectivity index (χ0v) is 14.6. The lowest BCUT2D eigenvalue weighted by molar-refractivity contribution is -0.126. The molecule has 0 saturated carbocycles. The van der Waals surface area contributed by atoms with Gasteiger partial charge in [0.2, 0.25) is 11.8 Å². The van der Waals surface area contributed by atoms with E-state index in [1.54, 1.807) is 19.2 Å². The quantitative estimate of drug-likeness (QED) is 0.759. The molecule has 0 radical (unpaired) electrons. The fraction of sp³-hybridized carbons (Fsp3) is 0.263. The molecule has 2 amide bonds. The van der Waals surface area contributed by atoms with Crippen LogP contribution in [0, 0.1) is 6.92 Å². The highest BCUT2D eigenvalue weighted by atomic mass is 16.5. The highest BCUT2D eigenvalue weighted by Crippen LogP contribution is 2.25. The normalized spacial score (nSPS) is 10.0. The standard InChI is InChI=1S/C19H22N2O4/c1-13-8-9-17(25-3)15(10-13)21-19(23)11-18(22)20-12-14-6-4-5-7-16(14)24-2/h4-10H,11-12H2,1-3H3,(H,20,22)(H,21,23). The number of aryl methyl sites for hydroxylation is 1. The Morgan fingerprint density at radius 3 is 2.40 bits per heavy atom. The molecule has 0 heterocycles. The molecule has 0 unspecified atom stereocenters. The number of carbonyl (C=O) groups excluding carboxylic acids is 2. The molecule has 0 saturated heterocycles. The molecule has 6 heteroatoms. The summed E-state index contributed by atoms with van der Waals surface area (Å²) in [6, 6.07) is 12.8. The van der Waals surface area contributed by atoms with Crippen molar-refractivity contribution in [2.45, 2.75) is 19.9 Å². The lowest BCUT2D eigenvalue weighted by atomic mass is 10.2. The minimum absolute atomic E-state index is 0.272. The van der Waals surface area contributed by atoms with Gasteiger partial charge in [-0.25, -0.2) is 0 Å². The Morgan fingerprint density at radius 1 is 0.960 bits per heavy atom. The molecule has 0 aliphatic rings. The number of carbonyl (C=O) groups is 2. The Morgan fingerprint density at radius 2 is 1.68 bits per heavy atom. The summed E-state index contributed by atoms with van der Waals surface area (Å²) in [6.07, 6.45) is -0.272. The van der Waals surface area contributed by atoms with E-state index in [1.807, 2.05) is 37.3 Å². The maximum atomic E-state index is 12.1. The summed E-state index contributed by atoms with van der Waals surface area (Å²) in [4.78, 5) is 24.1. The molecule has 2 aromatic carbocycles. The molecule has 0 aliphatic heterocycles. The summed E-state index contributed by atoms with van der Waals surface area (Å²) in [5.41, 5.74) is 2.38. The van der Waals surface area contributed by atoms with E-state index in [9.17, 15) is 9.59 Å². The maximum absolute atomic E-state index is 12.1. The van der Waals surface area contributed by atoms with Crippen molar-refractivity contribution in [1.29, 1.82) is 0 Å². The fourth-order valence-electron chi connectivity index (χ4n) is 2.37. The van der Waals surface area contributed by atoms with E-state index in [1.165, 1.54) is 7.11 Å². The monoisotopic (exact) mass is 342 g/mol. The zero-order valence-electron chi connectivity index (χ0n) is 14.6. The number of rotatable bonds is 7. The topological polar surface area (TPSA) is 76.7 Å². The minimum Gasteiger partial charge on any atom is -0.496 e. The number of para-hydroxylation sites is 1. The summed E-state index contributed by atoms with van der Waals surface area (Å²) in [6.45, 7) is 2.21. The summed E-state index contributed by atoms with van der Waals surface area (Å²) in [5, 5.41) is 5.42. The van der Waals surface area contributed by atoms with Crippen LogP contribution in [-0.2, 0) is 16.1 Å². The number of benzene rings is 2. The number of amides is 2. The molecule has 0 bridgehead atoms. The molecule has 132 valence electrons. The van der Waals surface area contributed by atoms with Crippen LogP contribution in [0.3, 0.4) is 0 Å². The summed E-state index contributed by atoms with van der Waals surface area (Å²) < 4.78 is 10.4. The largest absolute Gasteiger partial charge is 0.496 e. The first-order valence-corrected chi connectivity index (χ1v) is 7.86. The predicted octanol–water partition coefficient (Wildman–Crippen LogP) is 2.66. The molecular weight excluding hydrogens is 320 g/mol. The molecule has 2 aromatic rings. The maximum Gasteiger partial charge on any atom is 0.233 e. The SMILES string of the molecule is COc1ccccc1CNC(=O)CC(=O)Nc1cc(C)ccc1OC. The second-order valence-corrected chi connectivity index (χ2v) is 5.52. The molecule has 0 aliphatic carbocycles. The van der Waals surface area contributed by atoms with Crippen LogP contribution in [0.25, 0.3) is 0 Å². The molecule has 6 nitrogen and oxygen atoms in total. The number of ether oxygens (including phenoxy) is 2. The molecule has 0 fully saturated rings. The van der Waals surface area contributed by atoms with Gasteiger partial charge in [-0.2, -0.15) is 0 Å². The van der Waals surface area contributed by atoms with Gasteiger partial charge in [-0.15, -0.1) is 0 Å². The molecule has 0 aromatic heterocycles. The average molecular weight is 342 g/mol. The van der Waals surface area contributed by atoms with E-state index in [0.717, 1.165) is 11.1 Å². The molecular formula is C19H22N2O4. The third-order valence-corrected chi connectivity index (χ3v) is 3.62. The van der Waals surface area contributed by atoms with Gasteiger partial charge in [-0.3, -0.25) is 9.59 Å². The Kier molecular flexibility index (Phi) is 6.39. The van der Waals surface area contributed by atoms with Gasteiger partial charge in [0.05, 0.1) is 19.9 Å². The predicted molar refractivity (Wildman–Crippen MR) is 95.8 cm³/mol. The fourth-order valence-corrected chi connectivity index (χ4v) is 2.37. The van der Waals surface area contributed by atoms with Crippen LogP contribution in [0.4, 0.5) is 5.69 Å². The summed E-state index contributed by atoms with van der Waals surface area (Å²) in [7, 11) is 3.10. The second-order valence-electron chi connectivity index (χ2n) is 5.52. The molecule has 2 rings (SSSR count). The van der Waals surface area contributed by atoms with Gasteiger partial charge in [0.1, 0.15) is 17.9 Å². The Hall–Kier alpha value is -3.02. The third-order valence-electron chi connectivity index (χ3n) is 3.62. The Balaban J connectivity index is 1.90. The van der Waals surface area contributed by atoms with Gasteiger partial charge in [0, 0.05) is 12.1 Å². The second kappa shape index (κ2) is 8.73. The first-order chi connectivity index (χ1) is 12.0. The Labute approximate surface area is 147 Å². The summed E-state index contributed by atoms with van der Waals surface area (Å²) >= 11 is 0. The van der Waals surface area contributed by atoms with Crippen LogP contribution in [0.2, 0.25) is 0 Å². The van der Waals surface area contributed by atoms with Gasteiger partial charge < -0.3 is 20.1 Å². The number of anilines is 1. The van der Waals surface area contributed by atoms with Crippen molar-refractivity contribution >= 4 is 17.5 Å². The van der Waals surface area contributed by atoms with Crippen LogP contribution in [0.5, 0.6) is 11.5 Å². The van der Waals surface area contributed by atoms with E-state index in [2.05, 4.69) is 10.6 Å². The summed E-state index contributed by atoms with van der Waals surface area (Å²) in [5.74, 6) is 0.474. The van der Waals surface area contributed by atoms with E-state index in [4.69, 9.17) is 9.47 Å². The van der Waals surface area contributed by atoms with Gasteiger partial charge in [0.25, 0.3) is 0 Å². The van der Waals surface area contributed by atoms with Crippen molar-refractivity contribution in [3.63, 3.8) is 0 Å². The molecule has 25 heavy (non-hydrogen) atoms. The number of nitrogens with one attached hydrogen (secondary N) is 2. The van der Waals surface area contributed by atoms with Crippen molar-refractivity contribution in [3.05, 3.63) is 53.6 Å². The van der Waals surface area contributed by atoms with E-state index < -0.39 is 5.91 Å². The number of hydrogen-bond acceptors (Lipinski definition) is 4. The van der Waals surface area contributed by atoms with Crippen LogP contribution in [0.1, 0.15) is 17.5 Å². The van der Waals surface area contributed by atoms with Gasteiger partial charge >= 0.3 is 0 Å². The smallest absolute Gasteiger partial charge is 0.233 e. The first kappa shape index (κ1) is 18.3. The van der Waals surface area contributed by atoms with Crippen molar-refractivity contribution in [3.8, 4) is 11.5 Å². The van der Waals surface area contributed by atoms with Gasteiger partial charge in [-0.1, -0.05) is 24.3 Å². The van der Waals surface area contributed by atoms with Crippen molar-refractivity contribution in [2.24, 2.45) is 0 Å². The molecule has 2 N–H and O–H groups in total. The lowest BCUT2D eigenvalue weighted by Crippen LogP contribution is -2.28. The first-order valence-electron chi connectivity index (χ1n) is 7.86.